The van der Waals surface area contributed by atoms with Crippen molar-refractivity contribution in [2.75, 3.05) is 39.0 Å². The first-order chi connectivity index (χ1) is 12.2. The van der Waals surface area contributed by atoms with Gasteiger partial charge in [-0.25, -0.2) is 9.97 Å². The number of rotatable bonds is 3. The van der Waals surface area contributed by atoms with E-state index in [1.54, 1.807) is 0 Å². The van der Waals surface area contributed by atoms with Crippen LogP contribution >= 0.6 is 0 Å². The Kier molecular flexibility index (Phi) is 4.63. The molecular formula is C19H29N5O. The number of carbonyl (C=O) groups is 1. The van der Waals surface area contributed by atoms with E-state index in [4.69, 9.17) is 9.97 Å². The fourth-order valence-electron chi connectivity index (χ4n) is 4.26. The zero-order chi connectivity index (χ0) is 17.4. The molecule has 2 fully saturated rings. The van der Waals surface area contributed by atoms with Crippen molar-refractivity contribution in [1.29, 1.82) is 0 Å². The number of piperidine rings is 1. The van der Waals surface area contributed by atoms with Crippen LogP contribution in [0.2, 0.25) is 0 Å². The van der Waals surface area contributed by atoms with E-state index < -0.39 is 0 Å². The van der Waals surface area contributed by atoms with Crippen LogP contribution in [-0.2, 0) is 17.8 Å². The van der Waals surface area contributed by atoms with Gasteiger partial charge in [-0.1, -0.05) is 6.42 Å². The fraction of sp³-hybridized carbons (Fsp3) is 0.737. The maximum atomic E-state index is 12.6. The molecule has 136 valence electrons. The number of hydrogen-bond donors (Lipinski definition) is 1. The summed E-state index contributed by atoms with van der Waals surface area (Å²) >= 11 is 0. The predicted octanol–water partition coefficient (Wildman–Crippen LogP) is 2.01. The maximum absolute atomic E-state index is 12.6. The first kappa shape index (κ1) is 16.8. The molecule has 4 rings (SSSR count). The zero-order valence-corrected chi connectivity index (χ0v) is 15.4. The van der Waals surface area contributed by atoms with Crippen molar-refractivity contribution in [3.8, 4) is 0 Å². The lowest BCUT2D eigenvalue weighted by Crippen LogP contribution is -2.44. The SMILES string of the molecule is CNc1nc([C@@H]2CCCN(C(=O)C3CCC3)C2)nc2c1CN(C)CC2. The van der Waals surface area contributed by atoms with E-state index in [0.29, 0.717) is 5.91 Å². The molecule has 1 saturated heterocycles. The van der Waals surface area contributed by atoms with Crippen LogP contribution in [-0.4, -0.2) is 59.4 Å². The second kappa shape index (κ2) is 6.90. The van der Waals surface area contributed by atoms with Crippen molar-refractivity contribution in [2.45, 2.75) is 51.0 Å². The molecule has 25 heavy (non-hydrogen) atoms. The second-order valence-electron chi connectivity index (χ2n) is 7.84. The lowest BCUT2D eigenvalue weighted by molar-refractivity contribution is -0.139. The van der Waals surface area contributed by atoms with Crippen LogP contribution < -0.4 is 5.32 Å². The van der Waals surface area contributed by atoms with Crippen molar-refractivity contribution in [2.24, 2.45) is 5.92 Å². The first-order valence-electron chi connectivity index (χ1n) is 9.70. The highest BCUT2D eigenvalue weighted by atomic mass is 16.2. The normalized spacial score (nSPS) is 24.6. The number of nitrogens with one attached hydrogen (secondary N) is 1. The molecule has 0 spiro atoms. The van der Waals surface area contributed by atoms with Gasteiger partial charge in [0.25, 0.3) is 0 Å². The summed E-state index contributed by atoms with van der Waals surface area (Å²) in [6, 6.07) is 0. The Morgan fingerprint density at radius 1 is 1.16 bits per heavy atom. The van der Waals surface area contributed by atoms with Crippen molar-refractivity contribution < 1.29 is 4.79 Å². The summed E-state index contributed by atoms with van der Waals surface area (Å²) in [4.78, 5) is 26.8. The molecule has 6 heteroatoms. The molecule has 3 aliphatic rings. The number of hydrogen-bond acceptors (Lipinski definition) is 5. The van der Waals surface area contributed by atoms with Gasteiger partial charge in [-0.05, 0) is 32.7 Å². The van der Waals surface area contributed by atoms with Crippen LogP contribution in [0.4, 0.5) is 5.82 Å². The summed E-state index contributed by atoms with van der Waals surface area (Å²) in [5.74, 6) is 2.82. The highest BCUT2D eigenvalue weighted by Crippen LogP contribution is 2.33. The topological polar surface area (TPSA) is 61.4 Å². The minimum Gasteiger partial charge on any atom is -0.373 e. The Morgan fingerprint density at radius 2 is 2.00 bits per heavy atom. The van der Waals surface area contributed by atoms with Crippen molar-refractivity contribution in [3.05, 3.63) is 17.1 Å². The third-order valence-corrected chi connectivity index (χ3v) is 6.06. The molecule has 1 aromatic heterocycles. The van der Waals surface area contributed by atoms with Crippen molar-refractivity contribution in [1.82, 2.24) is 19.8 Å². The largest absolute Gasteiger partial charge is 0.373 e. The van der Waals surface area contributed by atoms with Gasteiger partial charge >= 0.3 is 0 Å². The van der Waals surface area contributed by atoms with Crippen LogP contribution in [0.25, 0.3) is 0 Å². The number of nitrogens with zero attached hydrogens (tertiary/aromatic N) is 4. The number of amides is 1. The smallest absolute Gasteiger partial charge is 0.225 e. The van der Waals surface area contributed by atoms with Gasteiger partial charge in [0.2, 0.25) is 5.91 Å². The third-order valence-electron chi connectivity index (χ3n) is 6.06. The third kappa shape index (κ3) is 3.24. The summed E-state index contributed by atoms with van der Waals surface area (Å²) < 4.78 is 0. The van der Waals surface area contributed by atoms with Gasteiger partial charge < -0.3 is 15.1 Å². The van der Waals surface area contributed by atoms with Crippen LogP contribution in [0.15, 0.2) is 0 Å². The molecule has 3 heterocycles. The lowest BCUT2D eigenvalue weighted by Gasteiger charge is -2.37. The number of likely N-dealkylation sites (N-methyl/N-ethyl adjacent to an activating group) is 1. The van der Waals surface area contributed by atoms with Crippen LogP contribution in [0.1, 0.15) is 55.1 Å². The highest BCUT2D eigenvalue weighted by molar-refractivity contribution is 5.79. The number of carbonyl (C=O) groups excluding carboxylic acids is 1. The molecular weight excluding hydrogens is 314 g/mol. The second-order valence-corrected chi connectivity index (χ2v) is 7.84. The molecule has 1 atom stereocenters. The molecule has 1 N–H and O–H groups in total. The number of anilines is 1. The molecule has 1 aliphatic carbocycles. The Labute approximate surface area is 150 Å². The summed E-state index contributed by atoms with van der Waals surface area (Å²) in [5, 5.41) is 3.27. The lowest BCUT2D eigenvalue weighted by atomic mass is 9.83. The van der Waals surface area contributed by atoms with E-state index >= 15 is 0 Å². The summed E-state index contributed by atoms with van der Waals surface area (Å²) in [5.41, 5.74) is 2.42. The average molecular weight is 343 g/mol. The Bertz CT molecular complexity index is 640. The Morgan fingerprint density at radius 3 is 2.72 bits per heavy atom. The van der Waals surface area contributed by atoms with Gasteiger partial charge in [0.1, 0.15) is 11.6 Å². The van der Waals surface area contributed by atoms with Gasteiger partial charge in [-0.3, -0.25) is 4.79 Å². The summed E-state index contributed by atoms with van der Waals surface area (Å²) in [7, 11) is 4.08. The molecule has 0 aromatic carbocycles. The minimum atomic E-state index is 0.273. The van der Waals surface area contributed by atoms with E-state index in [9.17, 15) is 4.79 Å². The molecule has 2 aliphatic heterocycles. The number of aromatic nitrogens is 2. The number of fused-ring (bicyclic) bond motifs is 1. The van der Waals surface area contributed by atoms with Gasteiger partial charge in [-0.15, -0.1) is 0 Å². The molecule has 0 bridgehead atoms. The molecule has 0 unspecified atom stereocenters. The van der Waals surface area contributed by atoms with Crippen molar-refractivity contribution >= 4 is 11.7 Å². The molecule has 6 nitrogen and oxygen atoms in total. The Balaban J connectivity index is 1.55. The maximum Gasteiger partial charge on any atom is 0.225 e. The van der Waals surface area contributed by atoms with Crippen molar-refractivity contribution in [3.63, 3.8) is 0 Å². The molecule has 1 aromatic rings. The Hall–Kier alpha value is -1.69. The highest BCUT2D eigenvalue weighted by Gasteiger charge is 2.34. The van der Waals surface area contributed by atoms with E-state index in [2.05, 4.69) is 22.2 Å². The summed E-state index contributed by atoms with van der Waals surface area (Å²) in [6.45, 7) is 3.64. The molecule has 1 saturated carbocycles. The van der Waals surface area contributed by atoms with Gasteiger partial charge in [0.15, 0.2) is 0 Å². The summed E-state index contributed by atoms with van der Waals surface area (Å²) in [6.07, 6.45) is 6.48. The molecule has 1 amide bonds. The van der Waals surface area contributed by atoms with E-state index in [-0.39, 0.29) is 11.8 Å². The fourth-order valence-corrected chi connectivity index (χ4v) is 4.26. The van der Waals surface area contributed by atoms with E-state index in [0.717, 1.165) is 69.9 Å². The van der Waals surface area contributed by atoms with Crippen LogP contribution in [0, 0.1) is 5.92 Å². The van der Waals surface area contributed by atoms with E-state index in [1.165, 1.54) is 17.7 Å². The zero-order valence-electron chi connectivity index (χ0n) is 15.4. The van der Waals surface area contributed by atoms with Gasteiger partial charge in [-0.2, -0.15) is 0 Å². The monoisotopic (exact) mass is 343 g/mol. The van der Waals surface area contributed by atoms with Gasteiger partial charge in [0.05, 0.1) is 5.69 Å². The average Bonchev–Trinajstić information content (AvgIpc) is 2.59. The van der Waals surface area contributed by atoms with E-state index in [1.807, 2.05) is 7.05 Å². The minimum absolute atomic E-state index is 0.273. The molecule has 0 radical (unpaired) electrons. The quantitative estimate of drug-likeness (QED) is 0.910. The van der Waals surface area contributed by atoms with Crippen LogP contribution in [0.5, 0.6) is 0 Å². The van der Waals surface area contributed by atoms with Crippen LogP contribution in [0.3, 0.4) is 0 Å². The number of likely N-dealkylation sites (tertiary alicyclic amines) is 1. The van der Waals surface area contributed by atoms with Gasteiger partial charge in [0, 0.05) is 57.0 Å². The standard InChI is InChI=1S/C19H29N5O/c1-20-18-15-12-23(2)10-8-16(15)21-17(22-18)14-7-4-9-24(11-14)19(25)13-5-3-6-13/h13-14H,3-12H2,1-2H3,(H,20,21,22)/t14-/m1/s1. The predicted molar refractivity (Wildman–Crippen MR) is 97.5 cm³/mol. The first-order valence-corrected chi connectivity index (χ1v) is 9.70.